The van der Waals surface area contributed by atoms with Crippen LogP contribution >= 0.6 is 0 Å². The van der Waals surface area contributed by atoms with E-state index < -0.39 is 0 Å². The van der Waals surface area contributed by atoms with E-state index in [0.717, 1.165) is 23.8 Å². The van der Waals surface area contributed by atoms with Crippen LogP contribution in [0.25, 0.3) is 0 Å². The van der Waals surface area contributed by atoms with E-state index in [-0.39, 0.29) is 6.09 Å². The Hall–Kier alpha value is -1.75. The minimum Gasteiger partial charge on any atom is -0.447 e. The van der Waals surface area contributed by atoms with Crippen molar-refractivity contribution in [2.24, 2.45) is 5.92 Å². The van der Waals surface area contributed by atoms with Gasteiger partial charge in [-0.1, -0.05) is 12.1 Å². The Bertz CT molecular complexity index is 540. The number of para-hydroxylation sites is 2. The third kappa shape index (κ3) is 2.35. The van der Waals surface area contributed by atoms with Crippen LogP contribution in [0.3, 0.4) is 0 Å². The normalized spacial score (nSPS) is 31.3. The molecule has 1 aromatic carbocycles. The van der Waals surface area contributed by atoms with Gasteiger partial charge in [0, 0.05) is 12.6 Å². The van der Waals surface area contributed by atoms with E-state index in [2.05, 4.69) is 16.3 Å². The first-order valence-electron chi connectivity index (χ1n) is 7.83. The average Bonchev–Trinajstić information content (AvgIpc) is 2.95. The number of amides is 1. The number of piperidine rings is 3. The van der Waals surface area contributed by atoms with Gasteiger partial charge < -0.3 is 15.0 Å². The summed E-state index contributed by atoms with van der Waals surface area (Å²) < 4.78 is 5.07. The summed E-state index contributed by atoms with van der Waals surface area (Å²) in [6, 6.07) is 8.55. The second-order valence-corrected chi connectivity index (χ2v) is 6.17. The second-order valence-electron chi connectivity index (χ2n) is 6.17. The molecule has 5 heteroatoms. The minimum absolute atomic E-state index is 0.238. The maximum Gasteiger partial charge on any atom is 0.414 e. The molecule has 4 heterocycles. The van der Waals surface area contributed by atoms with E-state index in [1.807, 2.05) is 18.2 Å². The first kappa shape index (κ1) is 13.0. The fourth-order valence-electron chi connectivity index (χ4n) is 3.77. The molecule has 4 fully saturated rings. The van der Waals surface area contributed by atoms with Crippen LogP contribution in [0.2, 0.25) is 0 Å². The molecule has 5 nitrogen and oxygen atoms in total. The molecule has 0 spiro atoms. The van der Waals surface area contributed by atoms with Gasteiger partial charge in [0.05, 0.1) is 17.9 Å². The summed E-state index contributed by atoms with van der Waals surface area (Å²) in [5.74, 6) is 0.758. The molecular formula is C16H21N3O2. The fraction of sp³-hybridized carbons (Fsp3) is 0.562. The molecule has 21 heavy (non-hydrogen) atoms. The van der Waals surface area contributed by atoms with Crippen LogP contribution in [-0.2, 0) is 4.74 Å². The summed E-state index contributed by atoms with van der Waals surface area (Å²) in [4.78, 5) is 16.1. The lowest BCUT2D eigenvalue weighted by atomic mass is 9.84. The predicted molar refractivity (Wildman–Crippen MR) is 81.7 cm³/mol. The minimum atomic E-state index is -0.238. The smallest absolute Gasteiger partial charge is 0.414 e. The molecule has 1 aromatic rings. The number of cyclic esters (lactones) is 1. The molecule has 5 rings (SSSR count). The Labute approximate surface area is 124 Å². The zero-order valence-corrected chi connectivity index (χ0v) is 12.1. The lowest BCUT2D eigenvalue weighted by Gasteiger charge is -2.45. The molecule has 1 amide bonds. The molecule has 1 atom stereocenters. The number of nitrogens with one attached hydrogen (secondary N) is 1. The predicted octanol–water partition coefficient (Wildman–Crippen LogP) is 2.15. The number of rotatable bonds is 3. The number of carbonyl (C=O) groups is 1. The lowest BCUT2D eigenvalue weighted by molar-refractivity contribution is 0.0975. The van der Waals surface area contributed by atoms with E-state index in [1.54, 1.807) is 4.90 Å². The van der Waals surface area contributed by atoms with E-state index >= 15 is 0 Å². The molecule has 112 valence electrons. The van der Waals surface area contributed by atoms with Gasteiger partial charge in [-0.15, -0.1) is 0 Å². The quantitative estimate of drug-likeness (QED) is 0.925. The van der Waals surface area contributed by atoms with E-state index in [9.17, 15) is 4.79 Å². The summed E-state index contributed by atoms with van der Waals surface area (Å²) in [6.45, 7) is 4.71. The monoisotopic (exact) mass is 287 g/mol. The Morgan fingerprint density at radius 2 is 1.95 bits per heavy atom. The summed E-state index contributed by atoms with van der Waals surface area (Å²) in [5, 5.41) is 3.69. The number of hydrogen-bond acceptors (Lipinski definition) is 4. The fourth-order valence-corrected chi connectivity index (χ4v) is 3.77. The second kappa shape index (κ2) is 5.22. The topological polar surface area (TPSA) is 44.8 Å². The molecule has 2 bridgehead atoms. The van der Waals surface area contributed by atoms with Gasteiger partial charge in [-0.2, -0.15) is 0 Å². The van der Waals surface area contributed by atoms with Gasteiger partial charge in [-0.25, -0.2) is 4.79 Å². The number of ether oxygens (including phenoxy) is 1. The van der Waals surface area contributed by atoms with Crippen LogP contribution < -0.4 is 10.2 Å². The number of nitrogens with zero attached hydrogens (tertiary/aromatic N) is 2. The van der Waals surface area contributed by atoms with Crippen molar-refractivity contribution in [1.82, 2.24) is 4.90 Å². The number of carbonyl (C=O) groups excluding carboxylic acids is 1. The van der Waals surface area contributed by atoms with Gasteiger partial charge in [-0.05, 0) is 44.0 Å². The van der Waals surface area contributed by atoms with E-state index in [0.29, 0.717) is 19.2 Å². The molecule has 1 N–H and O–H groups in total. The molecular weight excluding hydrogens is 266 g/mol. The highest BCUT2D eigenvalue weighted by molar-refractivity contribution is 5.93. The largest absolute Gasteiger partial charge is 0.447 e. The highest BCUT2D eigenvalue weighted by atomic mass is 16.6. The van der Waals surface area contributed by atoms with Crippen LogP contribution in [0, 0.1) is 5.92 Å². The summed E-state index contributed by atoms with van der Waals surface area (Å²) in [7, 11) is 0. The molecule has 0 saturated carbocycles. The van der Waals surface area contributed by atoms with Gasteiger partial charge in [0.15, 0.2) is 0 Å². The Balaban J connectivity index is 1.56. The van der Waals surface area contributed by atoms with Crippen molar-refractivity contribution in [3.8, 4) is 0 Å². The van der Waals surface area contributed by atoms with Crippen molar-refractivity contribution in [2.45, 2.75) is 18.9 Å². The maximum atomic E-state index is 11.8. The summed E-state index contributed by atoms with van der Waals surface area (Å²) in [5.41, 5.74) is 1.99. The Kier molecular flexibility index (Phi) is 3.22. The Morgan fingerprint density at radius 1 is 1.14 bits per heavy atom. The third-order valence-corrected chi connectivity index (χ3v) is 4.95. The highest BCUT2D eigenvalue weighted by Gasteiger charge is 2.35. The van der Waals surface area contributed by atoms with Crippen molar-refractivity contribution in [1.29, 1.82) is 0 Å². The van der Waals surface area contributed by atoms with Gasteiger partial charge in [0.2, 0.25) is 0 Å². The van der Waals surface area contributed by atoms with Crippen LogP contribution in [-0.4, -0.2) is 49.8 Å². The molecule has 0 unspecified atom stereocenters. The maximum absolute atomic E-state index is 11.8. The van der Waals surface area contributed by atoms with Crippen molar-refractivity contribution >= 4 is 17.5 Å². The number of hydrogen-bond donors (Lipinski definition) is 1. The SMILES string of the molecule is O=C1OCCN1c1ccccc1N[C@H]1CN2CCC1CC2. The van der Waals surface area contributed by atoms with Crippen LogP contribution in [0.1, 0.15) is 12.8 Å². The first-order valence-corrected chi connectivity index (χ1v) is 7.83. The van der Waals surface area contributed by atoms with Crippen LogP contribution in [0.15, 0.2) is 24.3 Å². The summed E-state index contributed by atoms with van der Waals surface area (Å²) in [6.07, 6.45) is 2.33. The molecule has 4 saturated heterocycles. The molecule has 4 aliphatic rings. The van der Waals surface area contributed by atoms with E-state index in [1.165, 1.54) is 25.9 Å². The standard InChI is InChI=1S/C16H21N3O2/c20-16-19(9-10-21-16)15-4-2-1-3-13(15)17-14-11-18-7-5-12(14)6-8-18/h1-4,12,14,17H,5-11H2/t14-/m0/s1. The van der Waals surface area contributed by atoms with Gasteiger partial charge >= 0.3 is 6.09 Å². The highest BCUT2D eigenvalue weighted by Crippen LogP contribution is 2.33. The van der Waals surface area contributed by atoms with Gasteiger partial charge in [0.25, 0.3) is 0 Å². The van der Waals surface area contributed by atoms with Crippen LogP contribution in [0.5, 0.6) is 0 Å². The molecule has 0 aliphatic carbocycles. The van der Waals surface area contributed by atoms with Crippen molar-refractivity contribution in [3.05, 3.63) is 24.3 Å². The number of benzene rings is 1. The summed E-state index contributed by atoms with van der Waals surface area (Å²) >= 11 is 0. The van der Waals surface area contributed by atoms with Crippen molar-refractivity contribution < 1.29 is 9.53 Å². The van der Waals surface area contributed by atoms with Crippen LogP contribution in [0.4, 0.5) is 16.2 Å². The molecule has 0 aromatic heterocycles. The van der Waals surface area contributed by atoms with Gasteiger partial charge in [-0.3, -0.25) is 4.90 Å². The van der Waals surface area contributed by atoms with Crippen molar-refractivity contribution in [3.63, 3.8) is 0 Å². The van der Waals surface area contributed by atoms with E-state index in [4.69, 9.17) is 4.74 Å². The zero-order chi connectivity index (χ0) is 14.2. The number of anilines is 2. The molecule has 4 aliphatic heterocycles. The zero-order valence-electron chi connectivity index (χ0n) is 12.1. The third-order valence-electron chi connectivity index (χ3n) is 4.95. The Morgan fingerprint density at radius 3 is 2.62 bits per heavy atom. The average molecular weight is 287 g/mol. The lowest BCUT2D eigenvalue weighted by Crippen LogP contribution is -2.53. The molecule has 0 radical (unpaired) electrons. The van der Waals surface area contributed by atoms with Crippen molar-refractivity contribution in [2.75, 3.05) is 43.0 Å². The van der Waals surface area contributed by atoms with Gasteiger partial charge in [0.1, 0.15) is 6.61 Å². The first-order chi connectivity index (χ1) is 10.3. The number of fused-ring (bicyclic) bond motifs is 3.